The number of hydrogen-bond donors (Lipinski definition) is 2. The summed E-state index contributed by atoms with van der Waals surface area (Å²) in [7, 11) is 1.77. The van der Waals surface area contributed by atoms with Crippen molar-refractivity contribution in [2.24, 2.45) is 4.99 Å². The molecule has 7 heteroatoms. The Hall–Kier alpha value is -0.210. The van der Waals surface area contributed by atoms with Crippen molar-refractivity contribution in [3.05, 3.63) is 34.6 Å². The molecular weight excluding hydrogens is 448 g/mol. The van der Waals surface area contributed by atoms with Crippen molar-refractivity contribution in [2.75, 3.05) is 19.3 Å². The summed E-state index contributed by atoms with van der Waals surface area (Å²) < 4.78 is 13.9. The van der Waals surface area contributed by atoms with Crippen molar-refractivity contribution in [1.82, 2.24) is 10.6 Å². The summed E-state index contributed by atoms with van der Waals surface area (Å²) in [4.78, 5) is 4.26. The van der Waals surface area contributed by atoms with Crippen LogP contribution >= 0.6 is 47.3 Å². The zero-order valence-corrected chi connectivity index (χ0v) is 16.9. The molecule has 3 nitrogen and oxygen atoms in total. The normalized spacial score (nSPS) is 26.6. The number of halogens is 3. The van der Waals surface area contributed by atoms with Crippen LogP contribution in [-0.4, -0.2) is 36.6 Å². The molecule has 3 atom stereocenters. The van der Waals surface area contributed by atoms with Crippen LogP contribution in [0, 0.1) is 5.82 Å². The van der Waals surface area contributed by atoms with Gasteiger partial charge in [-0.2, -0.15) is 11.8 Å². The average molecular weight is 470 g/mol. The van der Waals surface area contributed by atoms with Crippen LogP contribution in [0.25, 0.3) is 0 Å². The lowest BCUT2D eigenvalue weighted by molar-refractivity contribution is 0.608. The van der Waals surface area contributed by atoms with Crippen LogP contribution in [-0.2, 0) is 0 Å². The highest BCUT2D eigenvalue weighted by Gasteiger charge is 2.41. The summed E-state index contributed by atoms with van der Waals surface area (Å²) in [5.41, 5.74) is 0.628. The molecule has 0 spiro atoms. The molecule has 2 N–H and O–H groups in total. The fraction of sp³-hybridized carbons (Fsp3) is 0.562. The van der Waals surface area contributed by atoms with Gasteiger partial charge in [-0.1, -0.05) is 17.7 Å². The number of rotatable bonds is 4. The second-order valence-electron chi connectivity index (χ2n) is 5.82. The summed E-state index contributed by atoms with van der Waals surface area (Å²) in [6.07, 6.45) is 3.46. The highest BCUT2D eigenvalue weighted by molar-refractivity contribution is 14.0. The molecule has 1 aliphatic heterocycles. The van der Waals surface area contributed by atoms with Gasteiger partial charge in [0, 0.05) is 41.4 Å². The maximum absolute atomic E-state index is 13.9. The Morgan fingerprint density at radius 1 is 1.48 bits per heavy atom. The lowest BCUT2D eigenvalue weighted by atomic mass is 10.1. The van der Waals surface area contributed by atoms with Gasteiger partial charge in [0.2, 0.25) is 0 Å². The van der Waals surface area contributed by atoms with Crippen molar-refractivity contribution >= 4 is 53.3 Å². The van der Waals surface area contributed by atoms with E-state index in [-0.39, 0.29) is 41.8 Å². The third-order valence-electron chi connectivity index (χ3n) is 4.23. The molecule has 0 aromatic heterocycles. The maximum Gasteiger partial charge on any atom is 0.191 e. The largest absolute Gasteiger partial charge is 0.355 e. The van der Waals surface area contributed by atoms with Crippen molar-refractivity contribution in [3.63, 3.8) is 0 Å². The van der Waals surface area contributed by atoms with E-state index in [4.69, 9.17) is 11.6 Å². The third-order valence-corrected chi connectivity index (χ3v) is 5.96. The monoisotopic (exact) mass is 469 g/mol. The van der Waals surface area contributed by atoms with E-state index in [2.05, 4.69) is 15.6 Å². The van der Waals surface area contributed by atoms with E-state index >= 15 is 0 Å². The number of nitrogens with one attached hydrogen (secondary N) is 2. The van der Waals surface area contributed by atoms with Crippen LogP contribution in [0.15, 0.2) is 23.2 Å². The molecule has 1 aliphatic carbocycles. The van der Waals surface area contributed by atoms with Gasteiger partial charge in [0.1, 0.15) is 5.82 Å². The van der Waals surface area contributed by atoms with E-state index in [1.807, 2.05) is 11.8 Å². The maximum atomic E-state index is 13.9. The second kappa shape index (κ2) is 8.76. The summed E-state index contributed by atoms with van der Waals surface area (Å²) in [6, 6.07) is 5.07. The van der Waals surface area contributed by atoms with Gasteiger partial charge in [-0.15, -0.1) is 24.0 Å². The summed E-state index contributed by atoms with van der Waals surface area (Å²) in [6.45, 7) is 0.933. The Balaban J connectivity index is 0.00000192. The van der Waals surface area contributed by atoms with Crippen LogP contribution in [0.4, 0.5) is 4.39 Å². The van der Waals surface area contributed by atoms with Gasteiger partial charge >= 0.3 is 0 Å². The first kappa shape index (κ1) is 19.1. The second-order valence-corrected chi connectivity index (χ2v) is 7.63. The molecule has 1 heterocycles. The molecule has 2 fully saturated rings. The molecule has 2 aliphatic rings. The number of hydrogen-bond acceptors (Lipinski definition) is 2. The van der Waals surface area contributed by atoms with E-state index in [1.165, 1.54) is 24.7 Å². The fourth-order valence-electron chi connectivity index (χ4n) is 2.92. The van der Waals surface area contributed by atoms with Crippen LogP contribution in [0.2, 0.25) is 5.02 Å². The standard InChI is InChI=1S/C16H21ClFN3S.HI/c1-19-16(20-9-10-4-3-7-22-10)21-14-8-11(14)15-12(17)5-2-6-13(15)18;/h2,5-6,10-11,14H,3-4,7-9H2,1H3,(H2,19,20,21);1H. The summed E-state index contributed by atoms with van der Waals surface area (Å²) in [5, 5.41) is 7.94. The first-order valence-electron chi connectivity index (χ1n) is 7.71. The molecule has 1 aromatic carbocycles. The number of thioether (sulfide) groups is 1. The minimum Gasteiger partial charge on any atom is -0.355 e. The fourth-order valence-corrected chi connectivity index (χ4v) is 4.43. The Morgan fingerprint density at radius 2 is 2.30 bits per heavy atom. The Bertz CT molecular complexity index is 546. The summed E-state index contributed by atoms with van der Waals surface area (Å²) >= 11 is 8.15. The van der Waals surface area contributed by atoms with E-state index in [0.29, 0.717) is 15.8 Å². The van der Waals surface area contributed by atoms with Gasteiger partial charge in [0.05, 0.1) is 0 Å². The quantitative estimate of drug-likeness (QED) is 0.397. The van der Waals surface area contributed by atoms with E-state index < -0.39 is 0 Å². The van der Waals surface area contributed by atoms with Gasteiger partial charge in [-0.05, 0) is 37.1 Å². The lowest BCUT2D eigenvalue weighted by Gasteiger charge is -2.15. The highest BCUT2D eigenvalue weighted by Crippen LogP contribution is 2.44. The Morgan fingerprint density at radius 3 is 2.96 bits per heavy atom. The topological polar surface area (TPSA) is 36.4 Å². The minimum atomic E-state index is -0.216. The molecule has 0 amide bonds. The highest BCUT2D eigenvalue weighted by atomic mass is 127. The zero-order chi connectivity index (χ0) is 15.5. The molecule has 128 valence electrons. The lowest BCUT2D eigenvalue weighted by Crippen LogP contribution is -2.41. The molecule has 1 aromatic rings. The molecule has 23 heavy (non-hydrogen) atoms. The third kappa shape index (κ3) is 4.89. The Labute approximate surface area is 163 Å². The van der Waals surface area contributed by atoms with Crippen LogP contribution in [0.1, 0.15) is 30.7 Å². The zero-order valence-electron chi connectivity index (χ0n) is 13.0. The van der Waals surface area contributed by atoms with Crippen LogP contribution in [0.5, 0.6) is 0 Å². The summed E-state index contributed by atoms with van der Waals surface area (Å²) in [5.74, 6) is 1.97. The Kier molecular flexibility index (Phi) is 7.28. The van der Waals surface area contributed by atoms with Crippen molar-refractivity contribution in [2.45, 2.75) is 36.5 Å². The predicted molar refractivity (Wildman–Crippen MR) is 108 cm³/mol. The number of guanidine groups is 1. The minimum absolute atomic E-state index is 0. The molecule has 0 radical (unpaired) electrons. The molecule has 1 saturated carbocycles. The number of nitrogens with zero attached hydrogens (tertiary/aromatic N) is 1. The van der Waals surface area contributed by atoms with Gasteiger partial charge < -0.3 is 10.6 Å². The van der Waals surface area contributed by atoms with Gasteiger partial charge in [-0.3, -0.25) is 4.99 Å². The first-order valence-corrected chi connectivity index (χ1v) is 9.14. The van der Waals surface area contributed by atoms with Gasteiger partial charge in [-0.25, -0.2) is 4.39 Å². The number of benzene rings is 1. The SMILES string of the molecule is CN=C(NCC1CCCS1)NC1CC1c1c(F)cccc1Cl.I. The smallest absolute Gasteiger partial charge is 0.191 e. The van der Waals surface area contributed by atoms with Crippen LogP contribution < -0.4 is 10.6 Å². The van der Waals surface area contributed by atoms with E-state index in [9.17, 15) is 4.39 Å². The predicted octanol–water partition coefficient (Wildman–Crippen LogP) is 4.01. The average Bonchev–Trinajstić information content (AvgIpc) is 3.04. The molecule has 3 unspecified atom stereocenters. The molecule has 0 bridgehead atoms. The molecular formula is C16H22ClFIN3S. The van der Waals surface area contributed by atoms with E-state index in [0.717, 1.165) is 18.9 Å². The van der Waals surface area contributed by atoms with Crippen molar-refractivity contribution in [1.29, 1.82) is 0 Å². The van der Waals surface area contributed by atoms with E-state index in [1.54, 1.807) is 19.2 Å². The molecule has 1 saturated heterocycles. The van der Waals surface area contributed by atoms with Gasteiger partial charge in [0.15, 0.2) is 5.96 Å². The molecule has 3 rings (SSSR count). The first-order chi connectivity index (χ1) is 10.7. The van der Waals surface area contributed by atoms with Crippen molar-refractivity contribution in [3.8, 4) is 0 Å². The van der Waals surface area contributed by atoms with Crippen LogP contribution in [0.3, 0.4) is 0 Å². The van der Waals surface area contributed by atoms with Gasteiger partial charge in [0.25, 0.3) is 0 Å². The number of aliphatic imine (C=N–C) groups is 1. The van der Waals surface area contributed by atoms with Crippen molar-refractivity contribution < 1.29 is 4.39 Å².